The number of hydrogen-bond acceptors (Lipinski definition) is 4. The molecular formula is C31H36IN3O4S. The Labute approximate surface area is 251 Å². The number of nitrogens with one attached hydrogen (secondary N) is 1. The number of hydrogen-bond donors (Lipinski definition) is 1. The highest BCUT2D eigenvalue weighted by molar-refractivity contribution is 14.1. The average molecular weight is 674 g/mol. The molecule has 1 N–H and O–H groups in total. The van der Waals surface area contributed by atoms with Gasteiger partial charge in [-0.15, -0.1) is 0 Å². The first-order valence-corrected chi connectivity index (χ1v) is 16.5. The molecular weight excluding hydrogens is 637 g/mol. The van der Waals surface area contributed by atoms with E-state index in [0.717, 1.165) is 57.4 Å². The molecule has 4 rings (SSSR count). The van der Waals surface area contributed by atoms with E-state index in [-0.39, 0.29) is 18.5 Å². The predicted molar refractivity (Wildman–Crippen MR) is 167 cm³/mol. The van der Waals surface area contributed by atoms with Crippen molar-refractivity contribution in [2.24, 2.45) is 0 Å². The molecule has 0 radical (unpaired) electrons. The van der Waals surface area contributed by atoms with Gasteiger partial charge in [-0.2, -0.15) is 0 Å². The lowest BCUT2D eigenvalue weighted by Crippen LogP contribution is -2.55. The number of carbonyl (C=O) groups is 2. The fourth-order valence-corrected chi connectivity index (χ4v) is 6.31. The van der Waals surface area contributed by atoms with E-state index in [1.165, 1.54) is 0 Å². The third-order valence-corrected chi connectivity index (χ3v) is 9.07. The van der Waals surface area contributed by atoms with Gasteiger partial charge < -0.3 is 10.2 Å². The lowest BCUT2D eigenvalue weighted by molar-refractivity contribution is -0.140. The number of sulfonamides is 1. The molecule has 0 aromatic heterocycles. The van der Waals surface area contributed by atoms with Gasteiger partial charge in [0, 0.05) is 22.6 Å². The first kappa shape index (κ1) is 30.0. The SMILES string of the molecule is CS(=O)(=O)N(CC(=O)N(Cc1ccccc1)[C@H](Cc1ccccc1)C(=O)NC1CCCCC1)c1ccc(I)cc1. The highest BCUT2D eigenvalue weighted by atomic mass is 127. The molecule has 3 aromatic carbocycles. The molecule has 0 spiro atoms. The Balaban J connectivity index is 1.69. The monoisotopic (exact) mass is 673 g/mol. The first-order valence-electron chi connectivity index (χ1n) is 13.6. The fourth-order valence-electron chi connectivity index (χ4n) is 5.10. The Kier molecular flexibility index (Phi) is 10.6. The summed E-state index contributed by atoms with van der Waals surface area (Å²) in [5, 5.41) is 3.22. The van der Waals surface area contributed by atoms with Crippen LogP contribution in [0.5, 0.6) is 0 Å². The van der Waals surface area contributed by atoms with Crippen molar-refractivity contribution in [3.8, 4) is 0 Å². The minimum absolute atomic E-state index is 0.0764. The Bertz CT molecular complexity index is 1360. The van der Waals surface area contributed by atoms with E-state index in [2.05, 4.69) is 27.9 Å². The van der Waals surface area contributed by atoms with Crippen LogP contribution in [0.2, 0.25) is 0 Å². The molecule has 1 saturated carbocycles. The second-order valence-electron chi connectivity index (χ2n) is 10.3. The summed E-state index contributed by atoms with van der Waals surface area (Å²) >= 11 is 2.15. The van der Waals surface area contributed by atoms with Crippen LogP contribution in [0.4, 0.5) is 5.69 Å². The minimum Gasteiger partial charge on any atom is -0.352 e. The number of amides is 2. The normalized spacial score (nSPS) is 14.8. The lowest BCUT2D eigenvalue weighted by Gasteiger charge is -2.35. The van der Waals surface area contributed by atoms with Crippen LogP contribution in [0.15, 0.2) is 84.9 Å². The van der Waals surface area contributed by atoms with Crippen molar-refractivity contribution in [3.05, 3.63) is 99.6 Å². The molecule has 1 aliphatic carbocycles. The molecule has 3 aromatic rings. The van der Waals surface area contributed by atoms with Gasteiger partial charge >= 0.3 is 0 Å². The fraction of sp³-hybridized carbons (Fsp3) is 0.355. The third kappa shape index (κ3) is 8.54. The van der Waals surface area contributed by atoms with E-state index in [9.17, 15) is 18.0 Å². The summed E-state index contributed by atoms with van der Waals surface area (Å²) in [5.41, 5.74) is 2.19. The maximum atomic E-state index is 14.1. The van der Waals surface area contributed by atoms with E-state index in [4.69, 9.17) is 0 Å². The summed E-state index contributed by atoms with van der Waals surface area (Å²) in [7, 11) is -3.78. The number of rotatable bonds is 11. The van der Waals surface area contributed by atoms with Gasteiger partial charge in [0.15, 0.2) is 0 Å². The van der Waals surface area contributed by atoms with Crippen LogP contribution < -0.4 is 9.62 Å². The van der Waals surface area contributed by atoms with E-state index in [1.807, 2.05) is 60.7 Å². The molecule has 1 atom stereocenters. The van der Waals surface area contributed by atoms with Gasteiger partial charge in [-0.25, -0.2) is 8.42 Å². The average Bonchev–Trinajstić information content (AvgIpc) is 2.95. The zero-order valence-corrected chi connectivity index (χ0v) is 25.7. The summed E-state index contributed by atoms with van der Waals surface area (Å²) in [6.45, 7) is -0.228. The van der Waals surface area contributed by atoms with Crippen LogP contribution in [0.3, 0.4) is 0 Å². The summed E-state index contributed by atoms with van der Waals surface area (Å²) in [6, 6.07) is 25.4. The summed E-state index contributed by atoms with van der Waals surface area (Å²) in [4.78, 5) is 29.6. The Morgan fingerprint density at radius 2 is 1.45 bits per heavy atom. The van der Waals surface area contributed by atoms with Gasteiger partial charge in [-0.1, -0.05) is 79.9 Å². The zero-order chi connectivity index (χ0) is 28.5. The standard InChI is InChI=1S/C31H36IN3O4S/c1-40(38,39)35(28-19-17-26(32)18-20-28)23-30(36)34(22-25-13-7-3-8-14-25)29(21-24-11-5-2-6-12-24)31(37)33-27-15-9-4-10-16-27/h2-3,5-8,11-14,17-20,27,29H,4,9-10,15-16,21-23H2,1H3,(H,33,37)/t29-/m1/s1. The summed E-state index contributed by atoms with van der Waals surface area (Å²) in [5.74, 6) is -0.646. The number of benzene rings is 3. The van der Waals surface area contributed by atoms with Gasteiger partial charge in [-0.05, 0) is 70.8 Å². The molecule has 0 heterocycles. The number of anilines is 1. The van der Waals surface area contributed by atoms with Crippen LogP contribution in [-0.2, 0) is 32.6 Å². The van der Waals surface area contributed by atoms with Gasteiger partial charge in [0.25, 0.3) is 0 Å². The second kappa shape index (κ2) is 14.1. The molecule has 0 unspecified atom stereocenters. The third-order valence-electron chi connectivity index (χ3n) is 7.21. The summed E-state index contributed by atoms with van der Waals surface area (Å²) < 4.78 is 27.8. The molecule has 1 fully saturated rings. The van der Waals surface area contributed by atoms with Gasteiger partial charge in [-0.3, -0.25) is 13.9 Å². The number of carbonyl (C=O) groups excluding carboxylic acids is 2. The molecule has 9 heteroatoms. The minimum atomic E-state index is -3.78. The Morgan fingerprint density at radius 3 is 2.02 bits per heavy atom. The van der Waals surface area contributed by atoms with Crippen molar-refractivity contribution >= 4 is 50.1 Å². The first-order chi connectivity index (χ1) is 19.2. The number of nitrogens with zero attached hydrogens (tertiary/aromatic N) is 2. The molecule has 0 saturated heterocycles. The molecule has 212 valence electrons. The van der Waals surface area contributed by atoms with Gasteiger partial charge in [0.1, 0.15) is 12.6 Å². The topological polar surface area (TPSA) is 86.8 Å². The van der Waals surface area contributed by atoms with E-state index in [1.54, 1.807) is 29.2 Å². The predicted octanol–water partition coefficient (Wildman–Crippen LogP) is 5.15. The molecule has 40 heavy (non-hydrogen) atoms. The van der Waals surface area contributed by atoms with Gasteiger partial charge in [0.2, 0.25) is 21.8 Å². The number of halogens is 1. The van der Waals surface area contributed by atoms with Crippen LogP contribution in [-0.4, -0.2) is 50.0 Å². The van der Waals surface area contributed by atoms with E-state index < -0.39 is 28.5 Å². The lowest BCUT2D eigenvalue weighted by atomic mass is 9.94. The maximum absolute atomic E-state index is 14.1. The van der Waals surface area contributed by atoms with Crippen molar-refractivity contribution in [2.75, 3.05) is 17.1 Å². The molecule has 7 nitrogen and oxygen atoms in total. The van der Waals surface area contributed by atoms with Crippen LogP contribution >= 0.6 is 22.6 Å². The Morgan fingerprint density at radius 1 is 0.875 bits per heavy atom. The van der Waals surface area contributed by atoms with Crippen molar-refractivity contribution in [2.45, 2.75) is 57.2 Å². The van der Waals surface area contributed by atoms with E-state index in [0.29, 0.717) is 12.1 Å². The van der Waals surface area contributed by atoms with Crippen LogP contribution in [0.1, 0.15) is 43.2 Å². The zero-order valence-electron chi connectivity index (χ0n) is 22.7. The molecule has 0 aliphatic heterocycles. The van der Waals surface area contributed by atoms with Gasteiger partial charge in [0.05, 0.1) is 11.9 Å². The van der Waals surface area contributed by atoms with Crippen LogP contribution in [0, 0.1) is 3.57 Å². The highest BCUT2D eigenvalue weighted by Gasteiger charge is 2.34. The van der Waals surface area contributed by atoms with Crippen molar-refractivity contribution in [1.82, 2.24) is 10.2 Å². The summed E-state index contributed by atoms with van der Waals surface area (Å²) in [6.07, 6.45) is 6.56. The quantitative estimate of drug-likeness (QED) is 0.286. The van der Waals surface area contributed by atoms with E-state index >= 15 is 0 Å². The Hall–Kier alpha value is -2.92. The largest absolute Gasteiger partial charge is 0.352 e. The van der Waals surface area contributed by atoms with Crippen molar-refractivity contribution < 1.29 is 18.0 Å². The molecule has 2 amide bonds. The molecule has 0 bridgehead atoms. The van der Waals surface area contributed by atoms with Crippen molar-refractivity contribution in [1.29, 1.82) is 0 Å². The van der Waals surface area contributed by atoms with Crippen molar-refractivity contribution in [3.63, 3.8) is 0 Å². The second-order valence-corrected chi connectivity index (χ2v) is 13.5. The molecule has 1 aliphatic rings. The van der Waals surface area contributed by atoms with Crippen LogP contribution in [0.25, 0.3) is 0 Å². The smallest absolute Gasteiger partial charge is 0.244 e. The maximum Gasteiger partial charge on any atom is 0.244 e. The highest BCUT2D eigenvalue weighted by Crippen LogP contribution is 2.22.